The molecule has 0 saturated carbocycles. The first kappa shape index (κ1) is 25.2. The van der Waals surface area contributed by atoms with Crippen molar-refractivity contribution in [2.45, 2.75) is 32.6 Å². The van der Waals surface area contributed by atoms with Crippen LogP contribution in [0.5, 0.6) is 5.75 Å². The standard InChI is InChI=1S/C26H30N2O5S/c1-26(2,3)22-14-19(21-16-27-24(32-4)15-23(21)29)13-18(25(22)33-5)10-7-17-8-11-20(12-9-17)28-34(6,30)31/h7-14,16,28H,15H2,1-6H3/b10-7+. The Morgan fingerprint density at radius 1 is 1.03 bits per heavy atom. The number of benzene rings is 2. The van der Waals surface area contributed by atoms with E-state index in [9.17, 15) is 13.2 Å². The van der Waals surface area contributed by atoms with Gasteiger partial charge in [0.2, 0.25) is 10.0 Å². The van der Waals surface area contributed by atoms with Gasteiger partial charge in [-0.15, -0.1) is 0 Å². The molecule has 0 radical (unpaired) electrons. The van der Waals surface area contributed by atoms with Gasteiger partial charge < -0.3 is 9.47 Å². The maximum absolute atomic E-state index is 12.8. The van der Waals surface area contributed by atoms with Gasteiger partial charge >= 0.3 is 0 Å². The summed E-state index contributed by atoms with van der Waals surface area (Å²) in [5, 5.41) is 0. The van der Waals surface area contributed by atoms with Crippen molar-refractivity contribution in [3.05, 3.63) is 64.9 Å². The lowest BCUT2D eigenvalue weighted by molar-refractivity contribution is -0.113. The highest BCUT2D eigenvalue weighted by Crippen LogP contribution is 2.38. The number of Topliss-reactive ketones (excluding diaryl/α,β-unsaturated/α-hetero) is 1. The molecule has 0 saturated heterocycles. The zero-order valence-corrected chi connectivity index (χ0v) is 21.1. The van der Waals surface area contributed by atoms with E-state index in [1.165, 1.54) is 7.11 Å². The second-order valence-electron chi connectivity index (χ2n) is 9.10. The molecule has 2 aromatic rings. The summed E-state index contributed by atoms with van der Waals surface area (Å²) < 4.78 is 36.2. The number of aliphatic imine (C=N–C) groups is 1. The first-order valence-electron chi connectivity index (χ1n) is 10.7. The number of ether oxygens (including phenoxy) is 2. The fourth-order valence-electron chi connectivity index (χ4n) is 3.63. The van der Waals surface area contributed by atoms with Crippen LogP contribution in [0.4, 0.5) is 5.69 Å². The number of rotatable bonds is 6. The van der Waals surface area contributed by atoms with Gasteiger partial charge in [-0.2, -0.15) is 0 Å². The highest BCUT2D eigenvalue weighted by Gasteiger charge is 2.25. The Morgan fingerprint density at radius 2 is 1.71 bits per heavy atom. The van der Waals surface area contributed by atoms with Crippen LogP contribution in [0, 0.1) is 0 Å². The Morgan fingerprint density at radius 3 is 2.24 bits per heavy atom. The molecule has 8 heteroatoms. The lowest BCUT2D eigenvalue weighted by atomic mass is 9.82. The maximum Gasteiger partial charge on any atom is 0.229 e. The minimum Gasteiger partial charge on any atom is -0.496 e. The van der Waals surface area contributed by atoms with E-state index in [1.807, 2.05) is 36.4 Å². The first-order chi connectivity index (χ1) is 15.9. The normalized spacial score (nSPS) is 14.6. The predicted octanol–water partition coefficient (Wildman–Crippen LogP) is 4.89. The third-order valence-corrected chi connectivity index (χ3v) is 5.90. The number of methoxy groups -OCH3 is 2. The lowest BCUT2D eigenvalue weighted by Gasteiger charge is -2.25. The van der Waals surface area contributed by atoms with Crippen LogP contribution in [0.2, 0.25) is 0 Å². The molecule has 0 spiro atoms. The molecule has 3 rings (SSSR count). The van der Waals surface area contributed by atoms with Crippen LogP contribution in [-0.2, 0) is 25.0 Å². The van der Waals surface area contributed by atoms with Crippen molar-refractivity contribution < 1.29 is 22.7 Å². The van der Waals surface area contributed by atoms with Crippen molar-refractivity contribution in [3.8, 4) is 5.75 Å². The van der Waals surface area contributed by atoms with Gasteiger partial charge in [-0.25, -0.2) is 13.4 Å². The second kappa shape index (κ2) is 9.85. The Bertz CT molecular complexity index is 1280. The van der Waals surface area contributed by atoms with Gasteiger partial charge in [0.25, 0.3) is 0 Å². The fraction of sp³-hybridized carbons (Fsp3) is 0.308. The molecule has 0 amide bonds. The number of hydrogen-bond donors (Lipinski definition) is 1. The number of carbonyl (C=O) groups is 1. The molecular weight excluding hydrogens is 452 g/mol. The van der Waals surface area contributed by atoms with E-state index in [4.69, 9.17) is 9.47 Å². The summed E-state index contributed by atoms with van der Waals surface area (Å²) in [4.78, 5) is 17.0. The molecule has 2 aromatic carbocycles. The molecular formula is C26H30N2O5S. The average Bonchev–Trinajstić information content (AvgIpc) is 2.76. The summed E-state index contributed by atoms with van der Waals surface area (Å²) >= 11 is 0. The third-order valence-electron chi connectivity index (χ3n) is 5.30. The van der Waals surface area contributed by atoms with Gasteiger partial charge in [0.15, 0.2) is 11.7 Å². The zero-order chi connectivity index (χ0) is 25.1. The van der Waals surface area contributed by atoms with Gasteiger partial charge in [-0.1, -0.05) is 45.1 Å². The van der Waals surface area contributed by atoms with Crippen LogP contribution < -0.4 is 9.46 Å². The van der Waals surface area contributed by atoms with Crippen LogP contribution in [0.3, 0.4) is 0 Å². The van der Waals surface area contributed by atoms with Crippen molar-refractivity contribution in [2.75, 3.05) is 25.2 Å². The van der Waals surface area contributed by atoms with E-state index >= 15 is 0 Å². The first-order valence-corrected chi connectivity index (χ1v) is 12.6. The summed E-state index contributed by atoms with van der Waals surface area (Å²) in [6.45, 7) is 6.27. The van der Waals surface area contributed by atoms with Crippen LogP contribution in [0.25, 0.3) is 17.7 Å². The molecule has 0 aromatic heterocycles. The zero-order valence-electron chi connectivity index (χ0n) is 20.3. The van der Waals surface area contributed by atoms with Crippen LogP contribution in [-0.4, -0.2) is 40.6 Å². The highest BCUT2D eigenvalue weighted by atomic mass is 32.2. The number of nitrogens with zero attached hydrogens (tertiary/aromatic N) is 1. The number of hydrogen-bond acceptors (Lipinski definition) is 6. The molecule has 0 bridgehead atoms. The molecule has 180 valence electrons. The Labute approximate surface area is 201 Å². The van der Waals surface area contributed by atoms with Crippen molar-refractivity contribution >= 4 is 45.1 Å². The van der Waals surface area contributed by atoms with Gasteiger partial charge in [0.1, 0.15) is 5.75 Å². The van der Waals surface area contributed by atoms with Gasteiger partial charge in [0.05, 0.1) is 26.9 Å². The van der Waals surface area contributed by atoms with Crippen LogP contribution in [0.1, 0.15) is 49.4 Å². The summed E-state index contributed by atoms with van der Waals surface area (Å²) in [6.07, 6.45) is 6.63. The van der Waals surface area contributed by atoms with Gasteiger partial charge in [-0.3, -0.25) is 9.52 Å². The molecule has 0 aliphatic carbocycles. The van der Waals surface area contributed by atoms with Gasteiger partial charge in [-0.05, 0) is 40.8 Å². The molecule has 0 atom stereocenters. The molecule has 34 heavy (non-hydrogen) atoms. The van der Waals surface area contributed by atoms with E-state index in [0.29, 0.717) is 17.2 Å². The molecule has 0 unspecified atom stereocenters. The summed E-state index contributed by atoms with van der Waals surface area (Å²) in [6, 6.07) is 10.9. The monoisotopic (exact) mass is 482 g/mol. The van der Waals surface area contributed by atoms with Crippen LogP contribution >= 0.6 is 0 Å². The van der Waals surface area contributed by atoms with Crippen molar-refractivity contribution in [2.24, 2.45) is 4.99 Å². The minimum absolute atomic E-state index is 0.0548. The average molecular weight is 483 g/mol. The summed E-state index contributed by atoms with van der Waals surface area (Å²) in [5.74, 6) is 1.07. The van der Waals surface area contributed by atoms with E-state index in [2.05, 4.69) is 30.5 Å². The molecule has 7 nitrogen and oxygen atoms in total. The summed E-state index contributed by atoms with van der Waals surface area (Å²) in [7, 11) is -0.198. The third kappa shape index (κ3) is 6.14. The number of ketones is 1. The Kier molecular flexibility index (Phi) is 7.31. The van der Waals surface area contributed by atoms with Crippen molar-refractivity contribution in [3.63, 3.8) is 0 Å². The maximum atomic E-state index is 12.8. The number of sulfonamides is 1. The number of nitrogens with one attached hydrogen (secondary N) is 1. The largest absolute Gasteiger partial charge is 0.496 e. The number of allylic oxidation sites excluding steroid dienone is 1. The lowest BCUT2D eigenvalue weighted by Crippen LogP contribution is -2.17. The molecule has 1 heterocycles. The number of carbonyl (C=O) groups excluding carboxylic acids is 1. The molecule has 1 aliphatic heterocycles. The van der Waals surface area contributed by atoms with E-state index in [0.717, 1.165) is 34.3 Å². The Balaban J connectivity index is 2.06. The summed E-state index contributed by atoms with van der Waals surface area (Å²) in [5.41, 5.74) is 4.22. The highest BCUT2D eigenvalue weighted by molar-refractivity contribution is 7.92. The number of anilines is 1. The SMILES string of the molecule is COC1=NC=C(c2cc(/C=C/c3ccc(NS(C)(=O)=O)cc3)c(OC)c(C(C)(C)C)c2)C(=O)C1. The molecule has 1 aliphatic rings. The van der Waals surface area contributed by atoms with Gasteiger partial charge in [0, 0.05) is 28.6 Å². The fourth-order valence-corrected chi connectivity index (χ4v) is 4.19. The van der Waals surface area contributed by atoms with E-state index in [1.54, 1.807) is 25.4 Å². The topological polar surface area (TPSA) is 94.1 Å². The predicted molar refractivity (Wildman–Crippen MR) is 138 cm³/mol. The Hall–Kier alpha value is -3.39. The molecule has 1 N–H and O–H groups in total. The van der Waals surface area contributed by atoms with E-state index in [-0.39, 0.29) is 17.6 Å². The van der Waals surface area contributed by atoms with Crippen molar-refractivity contribution in [1.82, 2.24) is 0 Å². The smallest absolute Gasteiger partial charge is 0.229 e. The molecule has 0 fully saturated rings. The minimum atomic E-state index is -3.33. The quantitative estimate of drug-likeness (QED) is 0.592. The second-order valence-corrected chi connectivity index (χ2v) is 10.8. The van der Waals surface area contributed by atoms with Crippen LogP contribution in [0.15, 0.2) is 47.6 Å². The van der Waals surface area contributed by atoms with Crippen molar-refractivity contribution in [1.29, 1.82) is 0 Å². The van der Waals surface area contributed by atoms with E-state index < -0.39 is 10.0 Å².